The summed E-state index contributed by atoms with van der Waals surface area (Å²) in [5.74, 6) is 0. The monoisotopic (exact) mass is 527 g/mol. The van der Waals surface area contributed by atoms with Crippen LogP contribution in [0.5, 0.6) is 0 Å². The highest BCUT2D eigenvalue weighted by Crippen LogP contribution is 2.52. The van der Waals surface area contributed by atoms with Crippen molar-refractivity contribution in [1.82, 2.24) is 15.0 Å². The smallest absolute Gasteiger partial charge is 0.0644 e. The molecular formula is C35H37N5. The number of aromatic nitrogens is 3. The van der Waals surface area contributed by atoms with Crippen molar-refractivity contribution >= 4 is 34.4 Å². The van der Waals surface area contributed by atoms with E-state index in [2.05, 4.69) is 134 Å². The number of nitrogens with one attached hydrogen (secondary N) is 4. The molecule has 5 heterocycles. The van der Waals surface area contributed by atoms with Crippen LogP contribution in [0.4, 0.5) is 11.4 Å². The van der Waals surface area contributed by atoms with Crippen LogP contribution in [0.1, 0.15) is 75.9 Å². The molecule has 0 bridgehead atoms. The summed E-state index contributed by atoms with van der Waals surface area (Å²) in [7, 11) is 0. The normalized spacial score (nSPS) is 21.4. The molecule has 2 aliphatic rings. The molecule has 2 atom stereocenters. The molecule has 2 aromatic carbocycles. The number of pyridine rings is 1. The Morgan fingerprint density at radius 1 is 0.725 bits per heavy atom. The van der Waals surface area contributed by atoms with E-state index in [9.17, 15) is 0 Å². The Labute approximate surface area is 235 Å². The van der Waals surface area contributed by atoms with Crippen LogP contribution in [0.2, 0.25) is 0 Å². The van der Waals surface area contributed by atoms with Crippen LogP contribution in [-0.2, 0) is 10.8 Å². The lowest BCUT2D eigenvalue weighted by Gasteiger charge is -2.27. The van der Waals surface area contributed by atoms with Gasteiger partial charge in [0.2, 0.25) is 0 Å². The van der Waals surface area contributed by atoms with Crippen molar-refractivity contribution in [2.75, 3.05) is 10.6 Å². The number of hydrogen-bond donors (Lipinski definition) is 4. The molecule has 0 aliphatic carbocycles. The Morgan fingerprint density at radius 3 is 2.23 bits per heavy atom. The lowest BCUT2D eigenvalue weighted by Crippen LogP contribution is -2.32. The standard InChI is InChI=1S/C35H37N5/c1-7-22-24(17-37-28(22)8-2)32-35(5,6)27-15-20(10-12-29(27)39-32)21-9-11-26-30(16-21)40-33(34(26,3)4)25-18-38-31-19-36-14-13-23(25)31/h7-19,32-33,37-40H,1-6H3. The van der Waals surface area contributed by atoms with Crippen molar-refractivity contribution in [1.29, 1.82) is 0 Å². The number of hydrogen-bond acceptors (Lipinski definition) is 3. The summed E-state index contributed by atoms with van der Waals surface area (Å²) in [5.41, 5.74) is 11.2. The zero-order valence-corrected chi connectivity index (χ0v) is 24.1. The Bertz CT molecular complexity index is 1900. The molecule has 0 radical (unpaired) electrons. The zero-order chi connectivity index (χ0) is 27.8. The molecule has 5 aromatic rings. The van der Waals surface area contributed by atoms with Gasteiger partial charge in [0, 0.05) is 67.9 Å². The molecule has 40 heavy (non-hydrogen) atoms. The fraction of sp³-hybridized carbons (Fsp3) is 0.286. The average Bonchev–Trinajstić information content (AvgIpc) is 3.69. The third-order valence-electron chi connectivity index (χ3n) is 9.50. The molecule has 2 unspecified atom stereocenters. The van der Waals surface area contributed by atoms with Gasteiger partial charge in [0.05, 0.1) is 23.8 Å². The Hall–Kier alpha value is -4.25. The second kappa shape index (κ2) is 8.62. The van der Waals surface area contributed by atoms with E-state index in [1.807, 2.05) is 12.4 Å². The van der Waals surface area contributed by atoms with E-state index in [1.54, 1.807) is 0 Å². The third kappa shape index (κ3) is 3.43. The van der Waals surface area contributed by atoms with Crippen molar-refractivity contribution in [2.45, 2.75) is 64.5 Å². The molecule has 2 aliphatic heterocycles. The SMILES string of the molecule is CC=c1[nH]cc(C2Nc3ccc(-c4ccc5c(c4)NC(c4c[nH]c6cnccc46)C5(C)C)cc3C2(C)C)c1=CC. The van der Waals surface area contributed by atoms with Crippen molar-refractivity contribution in [2.24, 2.45) is 0 Å². The Balaban J connectivity index is 1.25. The molecule has 0 saturated heterocycles. The fourth-order valence-corrected chi connectivity index (χ4v) is 7.20. The van der Waals surface area contributed by atoms with Crippen LogP contribution in [0.3, 0.4) is 0 Å². The maximum Gasteiger partial charge on any atom is 0.0644 e. The topological polar surface area (TPSA) is 68.5 Å². The van der Waals surface area contributed by atoms with Gasteiger partial charge in [-0.25, -0.2) is 0 Å². The van der Waals surface area contributed by atoms with E-state index in [0.717, 1.165) is 5.52 Å². The highest BCUT2D eigenvalue weighted by atomic mass is 15.0. The molecule has 0 amide bonds. The molecule has 0 fully saturated rings. The average molecular weight is 528 g/mol. The van der Waals surface area contributed by atoms with Gasteiger partial charge in [-0.05, 0) is 60.4 Å². The van der Waals surface area contributed by atoms with Gasteiger partial charge in [0.15, 0.2) is 0 Å². The molecule has 4 N–H and O–H groups in total. The van der Waals surface area contributed by atoms with Crippen molar-refractivity contribution in [3.63, 3.8) is 0 Å². The quantitative estimate of drug-likeness (QED) is 0.203. The summed E-state index contributed by atoms with van der Waals surface area (Å²) in [4.78, 5) is 11.2. The number of anilines is 2. The van der Waals surface area contributed by atoms with Crippen LogP contribution in [0.25, 0.3) is 34.2 Å². The summed E-state index contributed by atoms with van der Waals surface area (Å²) < 4.78 is 0. The summed E-state index contributed by atoms with van der Waals surface area (Å²) in [5, 5.41) is 11.4. The molecular weight excluding hydrogens is 490 g/mol. The summed E-state index contributed by atoms with van der Waals surface area (Å²) >= 11 is 0. The van der Waals surface area contributed by atoms with Gasteiger partial charge in [-0.3, -0.25) is 4.98 Å². The van der Waals surface area contributed by atoms with E-state index < -0.39 is 0 Å². The highest BCUT2D eigenvalue weighted by Gasteiger charge is 2.42. The minimum absolute atomic E-state index is 0.0529. The van der Waals surface area contributed by atoms with E-state index in [-0.39, 0.29) is 22.9 Å². The number of nitrogens with zero attached hydrogens (tertiary/aromatic N) is 1. The predicted molar refractivity (Wildman–Crippen MR) is 167 cm³/mol. The summed E-state index contributed by atoms with van der Waals surface area (Å²) in [6.45, 7) is 13.6. The number of benzene rings is 2. The van der Waals surface area contributed by atoms with E-state index in [0.29, 0.717) is 0 Å². The number of rotatable bonds is 3. The second-order valence-corrected chi connectivity index (χ2v) is 12.4. The molecule has 0 saturated carbocycles. The maximum atomic E-state index is 4.28. The van der Waals surface area contributed by atoms with Crippen LogP contribution >= 0.6 is 0 Å². The first-order valence-corrected chi connectivity index (χ1v) is 14.3. The summed E-state index contributed by atoms with van der Waals surface area (Å²) in [6, 6.07) is 16.3. The Morgan fingerprint density at radius 2 is 1.43 bits per heavy atom. The highest BCUT2D eigenvalue weighted by molar-refractivity contribution is 5.85. The predicted octanol–water partition coefficient (Wildman–Crippen LogP) is 7.05. The van der Waals surface area contributed by atoms with Crippen LogP contribution in [-0.4, -0.2) is 15.0 Å². The molecule has 7 rings (SSSR count). The van der Waals surface area contributed by atoms with Gasteiger partial charge in [0.25, 0.3) is 0 Å². The van der Waals surface area contributed by atoms with Gasteiger partial charge in [-0.2, -0.15) is 0 Å². The molecule has 3 aromatic heterocycles. The van der Waals surface area contributed by atoms with Crippen molar-refractivity contribution in [3.8, 4) is 11.1 Å². The first-order valence-electron chi connectivity index (χ1n) is 14.3. The third-order valence-corrected chi connectivity index (χ3v) is 9.50. The molecule has 5 nitrogen and oxygen atoms in total. The number of fused-ring (bicyclic) bond motifs is 3. The minimum atomic E-state index is -0.0669. The lowest BCUT2D eigenvalue weighted by atomic mass is 9.77. The first kappa shape index (κ1) is 24.8. The van der Waals surface area contributed by atoms with Crippen molar-refractivity contribution < 1.29 is 0 Å². The molecule has 5 heteroatoms. The molecule has 0 spiro atoms. The fourth-order valence-electron chi connectivity index (χ4n) is 7.20. The lowest BCUT2D eigenvalue weighted by molar-refractivity contribution is 0.473. The number of aromatic amines is 2. The first-order chi connectivity index (χ1) is 19.2. The van der Waals surface area contributed by atoms with E-state index in [4.69, 9.17) is 0 Å². The van der Waals surface area contributed by atoms with Gasteiger partial charge < -0.3 is 20.6 Å². The summed E-state index contributed by atoms with van der Waals surface area (Å²) in [6.07, 6.45) is 12.4. The van der Waals surface area contributed by atoms with E-state index in [1.165, 1.54) is 60.7 Å². The van der Waals surface area contributed by atoms with Gasteiger partial charge >= 0.3 is 0 Å². The largest absolute Gasteiger partial charge is 0.377 e. The zero-order valence-electron chi connectivity index (χ0n) is 24.1. The molecule has 202 valence electrons. The second-order valence-electron chi connectivity index (χ2n) is 12.4. The van der Waals surface area contributed by atoms with Gasteiger partial charge in [-0.15, -0.1) is 0 Å². The van der Waals surface area contributed by atoms with Crippen LogP contribution in [0.15, 0.2) is 67.3 Å². The number of H-pyrrole nitrogens is 2. The maximum absolute atomic E-state index is 4.28. The van der Waals surface area contributed by atoms with Crippen LogP contribution < -0.4 is 21.2 Å². The van der Waals surface area contributed by atoms with Gasteiger partial charge in [-0.1, -0.05) is 58.0 Å². The minimum Gasteiger partial charge on any atom is -0.377 e. The van der Waals surface area contributed by atoms with E-state index >= 15 is 0 Å². The van der Waals surface area contributed by atoms with Gasteiger partial charge in [0.1, 0.15) is 0 Å². The van der Waals surface area contributed by atoms with Crippen molar-refractivity contribution in [3.05, 3.63) is 100 Å². The Kier molecular flexibility index (Phi) is 5.34. The van der Waals surface area contributed by atoms with Crippen LogP contribution in [0, 0.1) is 0 Å².